The zero-order valence-electron chi connectivity index (χ0n) is 13.0. The molecule has 0 radical (unpaired) electrons. The quantitative estimate of drug-likeness (QED) is 0.774. The molecule has 110 valence electrons. The highest BCUT2D eigenvalue weighted by Gasteiger charge is 2.09. The van der Waals surface area contributed by atoms with Crippen LogP contribution in [0.3, 0.4) is 0 Å². The third-order valence-electron chi connectivity index (χ3n) is 2.79. The fraction of sp³-hybridized carbons (Fsp3) is 1.00. The zero-order chi connectivity index (χ0) is 13.8. The molecule has 0 aromatic heterocycles. The molecule has 1 saturated heterocycles. The van der Waals surface area contributed by atoms with Gasteiger partial charge in [0.05, 0.1) is 13.2 Å². The van der Waals surface area contributed by atoms with Crippen LogP contribution < -0.4 is 5.32 Å². The van der Waals surface area contributed by atoms with E-state index in [1.165, 1.54) is 26.1 Å². The third kappa shape index (κ3) is 11.0. The summed E-state index contributed by atoms with van der Waals surface area (Å²) in [5, 5.41) is 2.75. The summed E-state index contributed by atoms with van der Waals surface area (Å²) in [5.41, 5.74) is 0. The summed E-state index contributed by atoms with van der Waals surface area (Å²) >= 11 is 0. The van der Waals surface area contributed by atoms with Gasteiger partial charge in [-0.15, -0.1) is 0 Å². The maximum Gasteiger partial charge on any atom is 0.0594 e. The van der Waals surface area contributed by atoms with E-state index in [2.05, 4.69) is 36.0 Å². The van der Waals surface area contributed by atoms with E-state index in [-0.39, 0.29) is 0 Å². The summed E-state index contributed by atoms with van der Waals surface area (Å²) in [6.07, 6.45) is 1.28. The Labute approximate surface area is 114 Å². The Morgan fingerprint density at radius 1 is 1.22 bits per heavy atom. The van der Waals surface area contributed by atoms with E-state index >= 15 is 0 Å². The Hall–Kier alpha value is -0.160. The highest BCUT2D eigenvalue weighted by atomic mass is 16.5. The molecule has 0 saturated carbocycles. The van der Waals surface area contributed by atoms with Gasteiger partial charge in [-0.05, 0) is 46.6 Å². The summed E-state index contributed by atoms with van der Waals surface area (Å²) in [5.74, 6) is 0.776. The first-order valence-electron chi connectivity index (χ1n) is 7.17. The Morgan fingerprint density at radius 2 is 1.78 bits per heavy atom. The smallest absolute Gasteiger partial charge is 0.0594 e. The van der Waals surface area contributed by atoms with Crippen LogP contribution in [0.4, 0.5) is 0 Å². The molecule has 0 bridgehead atoms. The van der Waals surface area contributed by atoms with Crippen molar-refractivity contribution in [2.24, 2.45) is 5.92 Å². The molecule has 0 atom stereocenters. The molecule has 0 amide bonds. The Kier molecular flexibility index (Phi) is 11.8. The molecular formula is C14H33N3O. The Balaban J connectivity index is 0.000000873. The van der Waals surface area contributed by atoms with E-state index in [4.69, 9.17) is 4.74 Å². The molecule has 1 aliphatic heterocycles. The van der Waals surface area contributed by atoms with Gasteiger partial charge < -0.3 is 15.0 Å². The van der Waals surface area contributed by atoms with Crippen LogP contribution in [0.1, 0.15) is 20.3 Å². The Bertz CT molecular complexity index is 170. The lowest BCUT2D eigenvalue weighted by Crippen LogP contribution is -2.38. The largest absolute Gasteiger partial charge is 0.379 e. The molecule has 4 nitrogen and oxygen atoms in total. The van der Waals surface area contributed by atoms with Crippen molar-refractivity contribution in [3.05, 3.63) is 0 Å². The zero-order valence-corrected chi connectivity index (χ0v) is 13.0. The van der Waals surface area contributed by atoms with Gasteiger partial charge in [0.2, 0.25) is 0 Å². The molecule has 1 heterocycles. The lowest BCUT2D eigenvalue weighted by atomic mass is 10.2. The van der Waals surface area contributed by atoms with Gasteiger partial charge in [0.25, 0.3) is 0 Å². The molecule has 18 heavy (non-hydrogen) atoms. The van der Waals surface area contributed by atoms with Gasteiger partial charge in [-0.1, -0.05) is 13.8 Å². The molecule has 1 rings (SSSR count). The third-order valence-corrected chi connectivity index (χ3v) is 2.79. The fourth-order valence-electron chi connectivity index (χ4n) is 2.10. The second-order valence-electron chi connectivity index (χ2n) is 5.46. The summed E-state index contributed by atoms with van der Waals surface area (Å²) in [4.78, 5) is 4.94. The second kappa shape index (κ2) is 11.9. The van der Waals surface area contributed by atoms with Crippen LogP contribution in [-0.2, 0) is 4.74 Å². The van der Waals surface area contributed by atoms with Crippen molar-refractivity contribution >= 4 is 0 Å². The average molecular weight is 259 g/mol. The van der Waals surface area contributed by atoms with Crippen LogP contribution in [0.2, 0.25) is 0 Å². The number of nitrogens with zero attached hydrogens (tertiary/aromatic N) is 2. The van der Waals surface area contributed by atoms with Crippen molar-refractivity contribution in [3.63, 3.8) is 0 Å². The van der Waals surface area contributed by atoms with Crippen LogP contribution in [0.5, 0.6) is 0 Å². The van der Waals surface area contributed by atoms with E-state index < -0.39 is 0 Å². The van der Waals surface area contributed by atoms with E-state index in [1.807, 2.05) is 14.1 Å². The maximum atomic E-state index is 5.33. The first kappa shape index (κ1) is 17.8. The average Bonchev–Trinajstić information content (AvgIpc) is 2.30. The molecule has 0 aromatic carbocycles. The van der Waals surface area contributed by atoms with Crippen LogP contribution in [0, 0.1) is 5.92 Å². The van der Waals surface area contributed by atoms with Gasteiger partial charge in [0.15, 0.2) is 0 Å². The molecule has 0 aliphatic carbocycles. The number of hydrogen-bond acceptors (Lipinski definition) is 4. The van der Waals surface area contributed by atoms with Crippen molar-refractivity contribution in [3.8, 4) is 0 Å². The van der Waals surface area contributed by atoms with Gasteiger partial charge in [0.1, 0.15) is 0 Å². The Morgan fingerprint density at radius 3 is 2.28 bits per heavy atom. The minimum atomic E-state index is 0.776. The highest BCUT2D eigenvalue weighted by molar-refractivity contribution is 4.63. The lowest BCUT2D eigenvalue weighted by molar-refractivity contribution is 0.0363. The number of nitrogens with one attached hydrogen (secondary N) is 1. The molecule has 1 aliphatic rings. The van der Waals surface area contributed by atoms with Gasteiger partial charge in [-0.3, -0.25) is 4.90 Å². The van der Waals surface area contributed by atoms with E-state index in [0.29, 0.717) is 0 Å². The molecule has 1 N–H and O–H groups in total. The standard InChI is InChI=1S/C12H26N2O.C2H7N/c1-12(2)11-13(3)5-4-6-14-7-9-15-10-8-14;1-3-2/h12H,4-11H2,1-3H3;3H,1-2H3. The predicted molar refractivity (Wildman–Crippen MR) is 79.2 cm³/mol. The first-order valence-corrected chi connectivity index (χ1v) is 7.17. The highest BCUT2D eigenvalue weighted by Crippen LogP contribution is 2.00. The van der Waals surface area contributed by atoms with Gasteiger partial charge >= 0.3 is 0 Å². The molecule has 4 heteroatoms. The molecule has 0 aromatic rings. The topological polar surface area (TPSA) is 27.7 Å². The van der Waals surface area contributed by atoms with Gasteiger partial charge in [-0.25, -0.2) is 0 Å². The summed E-state index contributed by atoms with van der Waals surface area (Å²) in [6, 6.07) is 0. The number of ether oxygens (including phenoxy) is 1. The van der Waals surface area contributed by atoms with Crippen LogP contribution in [-0.4, -0.2) is 76.9 Å². The first-order chi connectivity index (χ1) is 8.60. The predicted octanol–water partition coefficient (Wildman–Crippen LogP) is 1.13. The second-order valence-corrected chi connectivity index (χ2v) is 5.46. The fourth-order valence-corrected chi connectivity index (χ4v) is 2.10. The maximum absolute atomic E-state index is 5.33. The van der Waals surface area contributed by atoms with E-state index in [9.17, 15) is 0 Å². The molecule has 0 spiro atoms. The molecule has 0 unspecified atom stereocenters. The van der Waals surface area contributed by atoms with Crippen molar-refractivity contribution in [2.75, 3.05) is 67.1 Å². The summed E-state index contributed by atoms with van der Waals surface area (Å²) in [7, 11) is 5.97. The molecule has 1 fully saturated rings. The van der Waals surface area contributed by atoms with E-state index in [0.717, 1.165) is 32.2 Å². The molecular weight excluding hydrogens is 226 g/mol. The SMILES string of the molecule is CC(C)CN(C)CCCN1CCOCC1.CNC. The van der Waals surface area contributed by atoms with Gasteiger partial charge in [0, 0.05) is 19.6 Å². The monoisotopic (exact) mass is 259 g/mol. The van der Waals surface area contributed by atoms with Crippen LogP contribution in [0.15, 0.2) is 0 Å². The normalized spacial score (nSPS) is 16.8. The minimum Gasteiger partial charge on any atom is -0.379 e. The summed E-state index contributed by atoms with van der Waals surface area (Å²) < 4.78 is 5.33. The van der Waals surface area contributed by atoms with Crippen molar-refractivity contribution in [2.45, 2.75) is 20.3 Å². The van der Waals surface area contributed by atoms with Crippen LogP contribution >= 0.6 is 0 Å². The summed E-state index contributed by atoms with van der Waals surface area (Å²) in [6.45, 7) is 12.3. The minimum absolute atomic E-state index is 0.776. The van der Waals surface area contributed by atoms with Crippen molar-refractivity contribution < 1.29 is 4.74 Å². The van der Waals surface area contributed by atoms with E-state index in [1.54, 1.807) is 0 Å². The lowest BCUT2D eigenvalue weighted by Gasteiger charge is -2.27. The number of hydrogen-bond donors (Lipinski definition) is 1. The van der Waals surface area contributed by atoms with Gasteiger partial charge in [-0.2, -0.15) is 0 Å². The van der Waals surface area contributed by atoms with Crippen LogP contribution in [0.25, 0.3) is 0 Å². The van der Waals surface area contributed by atoms with Crippen molar-refractivity contribution in [1.29, 1.82) is 0 Å². The number of morpholine rings is 1. The number of rotatable bonds is 6. The van der Waals surface area contributed by atoms with Crippen molar-refractivity contribution in [1.82, 2.24) is 15.1 Å².